The summed E-state index contributed by atoms with van der Waals surface area (Å²) >= 11 is 0. The first-order valence-corrected chi connectivity index (χ1v) is 7.98. The van der Waals surface area contributed by atoms with E-state index in [2.05, 4.69) is 34.5 Å². The fourth-order valence-electron chi connectivity index (χ4n) is 2.98. The molecule has 1 fully saturated rings. The number of carbonyl (C=O) groups excluding carboxylic acids is 1. The third-order valence-electron chi connectivity index (χ3n) is 4.29. The number of hydrogen-bond acceptors (Lipinski definition) is 3. The van der Waals surface area contributed by atoms with Gasteiger partial charge in [-0.3, -0.25) is 4.79 Å². The van der Waals surface area contributed by atoms with E-state index >= 15 is 0 Å². The van der Waals surface area contributed by atoms with E-state index in [0.29, 0.717) is 23.8 Å². The number of amides is 1. The number of para-hydroxylation sites is 1. The van der Waals surface area contributed by atoms with Crippen molar-refractivity contribution in [3.05, 3.63) is 60.2 Å². The third kappa shape index (κ3) is 3.83. The molecule has 1 N–H and O–H groups in total. The number of nitrogens with zero attached hydrogens (tertiary/aromatic N) is 1. The van der Waals surface area contributed by atoms with Crippen molar-refractivity contribution < 1.29 is 9.53 Å². The quantitative estimate of drug-likeness (QED) is 0.923. The van der Waals surface area contributed by atoms with Crippen LogP contribution >= 0.6 is 0 Å². The first-order chi connectivity index (χ1) is 11.3. The van der Waals surface area contributed by atoms with Crippen LogP contribution in [0, 0.1) is 5.92 Å². The van der Waals surface area contributed by atoms with Crippen molar-refractivity contribution in [2.24, 2.45) is 5.92 Å². The van der Waals surface area contributed by atoms with Gasteiger partial charge in [0, 0.05) is 30.9 Å². The summed E-state index contributed by atoms with van der Waals surface area (Å²) in [5.41, 5.74) is 1.90. The molecule has 4 heteroatoms. The average molecular weight is 310 g/mol. The summed E-state index contributed by atoms with van der Waals surface area (Å²) in [6, 6.07) is 17.7. The summed E-state index contributed by atoms with van der Waals surface area (Å²) in [4.78, 5) is 14.6. The second-order valence-electron chi connectivity index (χ2n) is 5.88. The predicted molar refractivity (Wildman–Crippen MR) is 92.1 cm³/mol. The molecule has 1 atom stereocenters. The van der Waals surface area contributed by atoms with Gasteiger partial charge in [0.05, 0.1) is 7.11 Å². The Hall–Kier alpha value is -2.49. The van der Waals surface area contributed by atoms with Crippen LogP contribution in [0.25, 0.3) is 0 Å². The Morgan fingerprint density at radius 2 is 2.04 bits per heavy atom. The maximum Gasteiger partial charge on any atom is 0.251 e. The standard InChI is InChI=1S/C19H22N2O2/c1-23-18-9-5-6-16(12-18)19(22)20-13-15-10-11-21(14-15)17-7-3-2-4-8-17/h2-9,12,15H,10-11,13-14H2,1H3,(H,20,22). The van der Waals surface area contributed by atoms with Gasteiger partial charge in [0.15, 0.2) is 0 Å². The zero-order valence-corrected chi connectivity index (χ0v) is 13.4. The van der Waals surface area contributed by atoms with Gasteiger partial charge in [0.2, 0.25) is 0 Å². The number of carbonyl (C=O) groups is 1. The second-order valence-corrected chi connectivity index (χ2v) is 5.88. The molecule has 1 aliphatic rings. The lowest BCUT2D eigenvalue weighted by Crippen LogP contribution is -2.31. The molecule has 1 saturated heterocycles. The van der Waals surface area contributed by atoms with Crippen LogP contribution in [0.5, 0.6) is 5.75 Å². The van der Waals surface area contributed by atoms with Crippen LogP contribution < -0.4 is 15.0 Å². The van der Waals surface area contributed by atoms with E-state index in [9.17, 15) is 4.79 Å². The lowest BCUT2D eigenvalue weighted by molar-refractivity contribution is 0.0948. The van der Waals surface area contributed by atoms with Crippen molar-refractivity contribution in [3.63, 3.8) is 0 Å². The Labute approximate surface area is 137 Å². The topological polar surface area (TPSA) is 41.6 Å². The lowest BCUT2D eigenvalue weighted by atomic mass is 10.1. The smallest absolute Gasteiger partial charge is 0.251 e. The third-order valence-corrected chi connectivity index (χ3v) is 4.29. The van der Waals surface area contributed by atoms with Gasteiger partial charge in [-0.15, -0.1) is 0 Å². The summed E-state index contributed by atoms with van der Waals surface area (Å²) in [5, 5.41) is 3.04. The molecule has 3 rings (SSSR count). The number of anilines is 1. The second kappa shape index (κ2) is 7.18. The molecule has 1 amide bonds. The van der Waals surface area contributed by atoms with Crippen molar-refractivity contribution in [1.29, 1.82) is 0 Å². The van der Waals surface area contributed by atoms with Gasteiger partial charge in [-0.05, 0) is 42.7 Å². The van der Waals surface area contributed by atoms with Crippen LogP contribution in [0.15, 0.2) is 54.6 Å². The first kappa shape index (κ1) is 15.4. The molecule has 2 aromatic rings. The molecular weight excluding hydrogens is 288 g/mol. The number of methoxy groups -OCH3 is 1. The number of rotatable bonds is 5. The van der Waals surface area contributed by atoms with Crippen molar-refractivity contribution in [2.45, 2.75) is 6.42 Å². The summed E-state index contributed by atoms with van der Waals surface area (Å²) in [6.45, 7) is 2.74. The lowest BCUT2D eigenvalue weighted by Gasteiger charge is -2.18. The fraction of sp³-hybridized carbons (Fsp3) is 0.316. The molecule has 2 aromatic carbocycles. The minimum atomic E-state index is -0.0398. The highest BCUT2D eigenvalue weighted by molar-refractivity contribution is 5.94. The Morgan fingerprint density at radius 1 is 1.22 bits per heavy atom. The summed E-state index contributed by atoms with van der Waals surface area (Å²) in [7, 11) is 1.60. The molecule has 23 heavy (non-hydrogen) atoms. The van der Waals surface area contributed by atoms with Crippen LogP contribution in [-0.2, 0) is 0 Å². The highest BCUT2D eigenvalue weighted by Crippen LogP contribution is 2.23. The molecule has 0 spiro atoms. The Kier molecular flexibility index (Phi) is 4.81. The van der Waals surface area contributed by atoms with Crippen LogP contribution in [-0.4, -0.2) is 32.7 Å². The molecule has 0 bridgehead atoms. The van der Waals surface area contributed by atoms with E-state index in [1.165, 1.54) is 5.69 Å². The number of hydrogen-bond donors (Lipinski definition) is 1. The average Bonchev–Trinajstić information content (AvgIpc) is 3.09. The van der Waals surface area contributed by atoms with E-state index in [4.69, 9.17) is 4.74 Å². The van der Waals surface area contributed by atoms with Crippen molar-refractivity contribution in [1.82, 2.24) is 5.32 Å². The molecular formula is C19H22N2O2. The van der Waals surface area contributed by atoms with Crippen LogP contribution in [0.1, 0.15) is 16.8 Å². The normalized spacial score (nSPS) is 17.1. The van der Waals surface area contributed by atoms with E-state index in [1.54, 1.807) is 13.2 Å². The molecule has 0 radical (unpaired) electrons. The molecule has 0 saturated carbocycles. The molecule has 1 aliphatic heterocycles. The van der Waals surface area contributed by atoms with Gasteiger partial charge >= 0.3 is 0 Å². The SMILES string of the molecule is COc1cccc(C(=O)NCC2CCN(c3ccccc3)C2)c1. The Bertz CT molecular complexity index is 657. The molecule has 4 nitrogen and oxygen atoms in total. The van der Waals surface area contributed by atoms with Crippen LogP contribution in [0.2, 0.25) is 0 Å². The van der Waals surface area contributed by atoms with Gasteiger partial charge in [-0.2, -0.15) is 0 Å². The zero-order valence-electron chi connectivity index (χ0n) is 13.4. The van der Waals surface area contributed by atoms with Gasteiger partial charge < -0.3 is 15.0 Å². The monoisotopic (exact) mass is 310 g/mol. The minimum absolute atomic E-state index is 0.0398. The van der Waals surface area contributed by atoms with Crippen molar-refractivity contribution >= 4 is 11.6 Å². The summed E-state index contributed by atoms with van der Waals surface area (Å²) in [6.07, 6.45) is 1.10. The molecule has 120 valence electrons. The highest BCUT2D eigenvalue weighted by atomic mass is 16.5. The first-order valence-electron chi connectivity index (χ1n) is 7.98. The number of benzene rings is 2. The summed E-state index contributed by atoms with van der Waals surface area (Å²) < 4.78 is 5.16. The fourth-order valence-corrected chi connectivity index (χ4v) is 2.98. The van der Waals surface area contributed by atoms with E-state index in [-0.39, 0.29) is 5.91 Å². The molecule has 0 aliphatic carbocycles. The van der Waals surface area contributed by atoms with E-state index in [1.807, 2.05) is 24.3 Å². The van der Waals surface area contributed by atoms with Gasteiger partial charge in [0.1, 0.15) is 5.75 Å². The van der Waals surface area contributed by atoms with Gasteiger partial charge in [-0.25, -0.2) is 0 Å². The zero-order chi connectivity index (χ0) is 16.1. The molecule has 1 heterocycles. The largest absolute Gasteiger partial charge is 0.497 e. The van der Waals surface area contributed by atoms with E-state index < -0.39 is 0 Å². The van der Waals surface area contributed by atoms with E-state index in [0.717, 1.165) is 19.5 Å². The van der Waals surface area contributed by atoms with Gasteiger partial charge in [-0.1, -0.05) is 24.3 Å². The van der Waals surface area contributed by atoms with Crippen LogP contribution in [0.3, 0.4) is 0 Å². The Balaban J connectivity index is 1.52. The highest BCUT2D eigenvalue weighted by Gasteiger charge is 2.23. The number of ether oxygens (including phenoxy) is 1. The molecule has 0 aromatic heterocycles. The minimum Gasteiger partial charge on any atom is -0.497 e. The maximum atomic E-state index is 12.2. The number of nitrogens with one attached hydrogen (secondary N) is 1. The van der Waals surface area contributed by atoms with Crippen molar-refractivity contribution in [2.75, 3.05) is 31.6 Å². The Morgan fingerprint density at radius 3 is 2.83 bits per heavy atom. The van der Waals surface area contributed by atoms with Crippen molar-refractivity contribution in [3.8, 4) is 5.75 Å². The summed E-state index contributed by atoms with van der Waals surface area (Å²) in [5.74, 6) is 1.15. The predicted octanol–water partition coefficient (Wildman–Crippen LogP) is 2.95. The van der Waals surface area contributed by atoms with Crippen LogP contribution in [0.4, 0.5) is 5.69 Å². The van der Waals surface area contributed by atoms with Gasteiger partial charge in [0.25, 0.3) is 5.91 Å². The molecule has 1 unspecified atom stereocenters. The maximum absolute atomic E-state index is 12.2.